The highest BCUT2D eigenvalue weighted by Gasteiger charge is 2.47. The molecule has 11 nitrogen and oxygen atoms in total. The lowest BCUT2D eigenvalue weighted by Crippen LogP contribution is -2.61. The smallest absolute Gasteiger partial charge is 0.186 e. The van der Waals surface area contributed by atoms with Crippen LogP contribution in [-0.4, -0.2) is 117 Å². The fourth-order valence-electron chi connectivity index (χ4n) is 2.64. The average molecular weight is 356 g/mol. The fraction of sp³-hybridized carbons (Fsp3) is 1.00. The molecule has 0 aromatic carbocycles. The molecule has 0 aromatic heterocycles. The summed E-state index contributed by atoms with van der Waals surface area (Å²) < 4.78 is 20.5. The first-order valence-electron chi connectivity index (χ1n) is 7.46. The van der Waals surface area contributed by atoms with Crippen LogP contribution in [0.3, 0.4) is 0 Å². The molecule has 0 bridgehead atoms. The summed E-state index contributed by atoms with van der Waals surface area (Å²) in [5.74, 6) is 0. The molecule has 0 aromatic rings. The summed E-state index contributed by atoms with van der Waals surface area (Å²) in [7, 11) is 1.24. The van der Waals surface area contributed by atoms with Gasteiger partial charge in [-0.2, -0.15) is 0 Å². The summed E-state index contributed by atoms with van der Waals surface area (Å²) >= 11 is 0. The van der Waals surface area contributed by atoms with Crippen LogP contribution in [0, 0.1) is 0 Å². The van der Waals surface area contributed by atoms with Gasteiger partial charge in [0.25, 0.3) is 0 Å². The Balaban J connectivity index is 1.96. The zero-order valence-electron chi connectivity index (χ0n) is 13.0. The predicted octanol–water partition coefficient (Wildman–Crippen LogP) is -4.74. The molecule has 2 aliphatic heterocycles. The Hall–Kier alpha value is -0.440. The quantitative estimate of drug-likeness (QED) is 0.251. The SMILES string of the molecule is CO[C@H]1O[C@H](CO[C@H]2O[C@H](CO)[C@@H](O)[C@H](O)[C@H]2O)[C@@H](O)[C@H](O)[C@@H]1O. The van der Waals surface area contributed by atoms with Crippen molar-refractivity contribution in [2.45, 2.75) is 61.4 Å². The molecule has 0 spiro atoms. The minimum Gasteiger partial charge on any atom is -0.394 e. The van der Waals surface area contributed by atoms with E-state index in [2.05, 4.69) is 0 Å². The summed E-state index contributed by atoms with van der Waals surface area (Å²) in [5, 5.41) is 67.6. The van der Waals surface area contributed by atoms with Crippen LogP contribution in [0.5, 0.6) is 0 Å². The average Bonchev–Trinajstić information content (AvgIpc) is 2.58. The van der Waals surface area contributed by atoms with Crippen LogP contribution in [0.1, 0.15) is 0 Å². The molecule has 2 fully saturated rings. The highest BCUT2D eigenvalue weighted by Crippen LogP contribution is 2.25. The molecular formula is C13H24O11. The predicted molar refractivity (Wildman–Crippen MR) is 73.4 cm³/mol. The highest BCUT2D eigenvalue weighted by atomic mass is 16.7. The van der Waals surface area contributed by atoms with Crippen molar-refractivity contribution in [3.63, 3.8) is 0 Å². The molecule has 7 N–H and O–H groups in total. The maximum atomic E-state index is 9.91. The third-order valence-electron chi connectivity index (χ3n) is 4.17. The van der Waals surface area contributed by atoms with Crippen molar-refractivity contribution in [3.8, 4) is 0 Å². The van der Waals surface area contributed by atoms with Gasteiger partial charge in [0.15, 0.2) is 12.6 Å². The van der Waals surface area contributed by atoms with Crippen molar-refractivity contribution in [2.24, 2.45) is 0 Å². The molecule has 0 aliphatic carbocycles. The van der Waals surface area contributed by atoms with Crippen LogP contribution in [-0.2, 0) is 18.9 Å². The summed E-state index contributed by atoms with van der Waals surface area (Å²) in [4.78, 5) is 0. The van der Waals surface area contributed by atoms with Gasteiger partial charge < -0.3 is 54.7 Å². The van der Waals surface area contributed by atoms with Crippen molar-refractivity contribution in [1.82, 2.24) is 0 Å². The van der Waals surface area contributed by atoms with Crippen LogP contribution in [0.15, 0.2) is 0 Å². The molecule has 142 valence electrons. The second-order valence-corrected chi connectivity index (χ2v) is 5.78. The zero-order chi connectivity index (χ0) is 18.0. The number of methoxy groups -OCH3 is 1. The van der Waals surface area contributed by atoms with E-state index in [0.717, 1.165) is 0 Å². The van der Waals surface area contributed by atoms with E-state index in [1.54, 1.807) is 0 Å². The van der Waals surface area contributed by atoms with Gasteiger partial charge in [0, 0.05) is 7.11 Å². The molecule has 0 saturated carbocycles. The first-order valence-corrected chi connectivity index (χ1v) is 7.46. The number of aliphatic hydroxyl groups is 7. The van der Waals surface area contributed by atoms with Crippen LogP contribution in [0.4, 0.5) is 0 Å². The summed E-state index contributed by atoms with van der Waals surface area (Å²) in [6.45, 7) is -0.989. The van der Waals surface area contributed by atoms with Crippen molar-refractivity contribution < 1.29 is 54.7 Å². The molecular weight excluding hydrogens is 332 g/mol. The van der Waals surface area contributed by atoms with Crippen molar-refractivity contribution in [3.05, 3.63) is 0 Å². The molecule has 10 atom stereocenters. The molecule has 2 rings (SSSR count). The molecule has 0 radical (unpaired) electrons. The van der Waals surface area contributed by atoms with Gasteiger partial charge in [0.05, 0.1) is 13.2 Å². The van der Waals surface area contributed by atoms with Crippen LogP contribution < -0.4 is 0 Å². The largest absolute Gasteiger partial charge is 0.394 e. The van der Waals surface area contributed by atoms with Crippen molar-refractivity contribution >= 4 is 0 Å². The van der Waals surface area contributed by atoms with Gasteiger partial charge in [-0.15, -0.1) is 0 Å². The minimum absolute atomic E-state index is 0.381. The third kappa shape index (κ3) is 3.86. The standard InChI is InChI=1S/C13H24O11/c1-21-12-10(19)9(18)7(16)5(24-12)3-22-13-11(20)8(17)6(15)4(2-14)23-13/h4-20H,2-3H2,1H3/t4-,5-,6-,7-,8+,9+,10+,11-,12+,13+/m1/s1. The van der Waals surface area contributed by atoms with Gasteiger partial charge in [-0.3, -0.25) is 0 Å². The third-order valence-corrected chi connectivity index (χ3v) is 4.17. The van der Waals surface area contributed by atoms with Crippen LogP contribution >= 0.6 is 0 Å². The molecule has 24 heavy (non-hydrogen) atoms. The number of rotatable bonds is 5. The number of hydrogen-bond donors (Lipinski definition) is 7. The lowest BCUT2D eigenvalue weighted by Gasteiger charge is -2.42. The number of ether oxygens (including phenoxy) is 4. The highest BCUT2D eigenvalue weighted by molar-refractivity contribution is 4.91. The first kappa shape index (κ1) is 19.9. The van der Waals surface area contributed by atoms with E-state index >= 15 is 0 Å². The molecule has 2 aliphatic rings. The van der Waals surface area contributed by atoms with Gasteiger partial charge >= 0.3 is 0 Å². The Morgan fingerprint density at radius 3 is 1.75 bits per heavy atom. The molecule has 2 heterocycles. The van der Waals surface area contributed by atoms with Crippen LogP contribution in [0.25, 0.3) is 0 Å². The van der Waals surface area contributed by atoms with E-state index in [1.807, 2.05) is 0 Å². The maximum Gasteiger partial charge on any atom is 0.186 e. The van der Waals surface area contributed by atoms with E-state index in [0.29, 0.717) is 0 Å². The first-order chi connectivity index (χ1) is 11.3. The van der Waals surface area contributed by atoms with Gasteiger partial charge in [-0.1, -0.05) is 0 Å². The molecule has 11 heteroatoms. The minimum atomic E-state index is -1.60. The monoisotopic (exact) mass is 356 g/mol. The van der Waals surface area contributed by atoms with E-state index in [4.69, 9.17) is 24.1 Å². The van der Waals surface area contributed by atoms with Crippen molar-refractivity contribution in [1.29, 1.82) is 0 Å². The molecule has 2 saturated heterocycles. The fourth-order valence-corrected chi connectivity index (χ4v) is 2.64. The summed E-state index contributed by atoms with van der Waals surface area (Å²) in [6, 6.07) is 0. The second kappa shape index (κ2) is 8.29. The van der Waals surface area contributed by atoms with E-state index in [1.165, 1.54) is 7.11 Å². The summed E-state index contributed by atoms with van der Waals surface area (Å²) in [5.41, 5.74) is 0. The Bertz CT molecular complexity index is 356. The maximum absolute atomic E-state index is 9.91. The summed E-state index contributed by atoms with van der Waals surface area (Å²) in [6.07, 6.45) is -14.0. The Morgan fingerprint density at radius 1 is 0.708 bits per heavy atom. The lowest BCUT2D eigenvalue weighted by atomic mass is 9.98. The molecule has 0 amide bonds. The Labute approximate surface area is 137 Å². The van der Waals surface area contributed by atoms with E-state index < -0.39 is 68.0 Å². The Morgan fingerprint density at radius 2 is 1.21 bits per heavy atom. The topological polar surface area (TPSA) is 179 Å². The van der Waals surface area contributed by atoms with E-state index in [-0.39, 0.29) is 6.61 Å². The second-order valence-electron chi connectivity index (χ2n) is 5.78. The number of hydrogen-bond acceptors (Lipinski definition) is 11. The van der Waals surface area contributed by atoms with Gasteiger partial charge in [-0.05, 0) is 0 Å². The van der Waals surface area contributed by atoms with E-state index in [9.17, 15) is 30.6 Å². The normalized spacial score (nSPS) is 50.0. The molecule has 0 unspecified atom stereocenters. The van der Waals surface area contributed by atoms with Gasteiger partial charge in [0.1, 0.15) is 48.8 Å². The van der Waals surface area contributed by atoms with Crippen LogP contribution in [0.2, 0.25) is 0 Å². The van der Waals surface area contributed by atoms with Crippen molar-refractivity contribution in [2.75, 3.05) is 20.3 Å². The van der Waals surface area contributed by atoms with Gasteiger partial charge in [0.2, 0.25) is 0 Å². The Kier molecular flexibility index (Phi) is 6.87. The van der Waals surface area contributed by atoms with Gasteiger partial charge in [-0.25, -0.2) is 0 Å². The number of aliphatic hydroxyl groups excluding tert-OH is 7. The lowest BCUT2D eigenvalue weighted by molar-refractivity contribution is -0.328. The zero-order valence-corrected chi connectivity index (χ0v) is 13.0.